The Balaban J connectivity index is 2.36. The maximum Gasteiger partial charge on any atom is 0.258 e. The summed E-state index contributed by atoms with van der Waals surface area (Å²) < 4.78 is 14.5. The summed E-state index contributed by atoms with van der Waals surface area (Å²) in [7, 11) is 1.57. The van der Waals surface area contributed by atoms with Crippen LogP contribution in [0.2, 0.25) is 0 Å². The van der Waals surface area contributed by atoms with Crippen LogP contribution < -0.4 is 4.90 Å². The van der Waals surface area contributed by atoms with E-state index in [1.165, 1.54) is 11.0 Å². The quantitative estimate of drug-likeness (QED) is 0.812. The van der Waals surface area contributed by atoms with Crippen molar-refractivity contribution in [2.24, 2.45) is 0 Å². The molecule has 4 heteroatoms. The molecule has 0 saturated carbocycles. The molecular formula is C15H13BrFNO. The van der Waals surface area contributed by atoms with Crippen molar-refractivity contribution in [3.63, 3.8) is 0 Å². The summed E-state index contributed by atoms with van der Waals surface area (Å²) in [5, 5.41) is 0. The molecule has 0 saturated heterocycles. The zero-order valence-electron chi connectivity index (χ0n) is 10.7. The molecule has 2 aromatic carbocycles. The number of benzene rings is 2. The Hall–Kier alpha value is -1.68. The largest absolute Gasteiger partial charge is 0.309 e. The number of carbonyl (C=O) groups is 1. The average molecular weight is 322 g/mol. The highest BCUT2D eigenvalue weighted by Crippen LogP contribution is 2.21. The Morgan fingerprint density at radius 3 is 2.53 bits per heavy atom. The predicted octanol–water partition coefficient (Wildman–Crippen LogP) is 4.17. The van der Waals surface area contributed by atoms with E-state index >= 15 is 0 Å². The molecule has 0 atom stereocenters. The molecule has 0 aliphatic heterocycles. The third kappa shape index (κ3) is 3.01. The van der Waals surface area contributed by atoms with Crippen molar-refractivity contribution >= 4 is 27.5 Å². The molecule has 98 valence electrons. The van der Waals surface area contributed by atoms with Gasteiger partial charge in [-0.15, -0.1) is 0 Å². The van der Waals surface area contributed by atoms with E-state index in [0.717, 1.165) is 10.0 Å². The van der Waals surface area contributed by atoms with Crippen LogP contribution in [0.15, 0.2) is 46.9 Å². The summed E-state index contributed by atoms with van der Waals surface area (Å²) in [6.07, 6.45) is 0. The van der Waals surface area contributed by atoms with E-state index in [2.05, 4.69) is 15.9 Å². The van der Waals surface area contributed by atoms with Crippen molar-refractivity contribution < 1.29 is 9.18 Å². The molecule has 0 aliphatic carbocycles. The first-order valence-electron chi connectivity index (χ1n) is 5.79. The Kier molecular flexibility index (Phi) is 4.00. The Morgan fingerprint density at radius 2 is 1.89 bits per heavy atom. The van der Waals surface area contributed by atoms with Crippen LogP contribution in [0.1, 0.15) is 15.9 Å². The first-order chi connectivity index (χ1) is 8.99. The lowest BCUT2D eigenvalue weighted by molar-refractivity contribution is 0.0992. The molecule has 1 amide bonds. The molecule has 0 aliphatic rings. The van der Waals surface area contributed by atoms with Crippen LogP contribution in [-0.2, 0) is 0 Å². The summed E-state index contributed by atoms with van der Waals surface area (Å²) in [6.45, 7) is 1.91. The fraction of sp³-hybridized carbons (Fsp3) is 0.133. The lowest BCUT2D eigenvalue weighted by Crippen LogP contribution is -2.27. The van der Waals surface area contributed by atoms with E-state index in [9.17, 15) is 9.18 Å². The standard InChI is InChI=1S/C15H13BrFNO/c1-10-7-11(9-12(16)8-10)15(19)18(2)14-6-4-3-5-13(14)17/h3-9H,1-2H3. The fourth-order valence-corrected chi connectivity index (χ4v) is 2.49. The number of hydrogen-bond donors (Lipinski definition) is 0. The highest BCUT2D eigenvalue weighted by Gasteiger charge is 2.16. The van der Waals surface area contributed by atoms with Crippen molar-refractivity contribution in [1.82, 2.24) is 0 Å². The minimum atomic E-state index is -0.412. The molecule has 0 bridgehead atoms. The number of aryl methyl sites for hydroxylation is 1. The second-order valence-electron chi connectivity index (χ2n) is 4.33. The molecule has 0 N–H and O–H groups in total. The van der Waals surface area contributed by atoms with Crippen molar-refractivity contribution in [3.8, 4) is 0 Å². The van der Waals surface area contributed by atoms with E-state index in [1.54, 1.807) is 37.4 Å². The number of para-hydroxylation sites is 1. The van der Waals surface area contributed by atoms with Gasteiger partial charge in [0.2, 0.25) is 0 Å². The van der Waals surface area contributed by atoms with Gasteiger partial charge in [0.05, 0.1) is 5.69 Å². The zero-order valence-corrected chi connectivity index (χ0v) is 12.2. The van der Waals surface area contributed by atoms with Crippen LogP contribution in [0, 0.1) is 12.7 Å². The third-order valence-corrected chi connectivity index (χ3v) is 3.27. The molecule has 0 unspecified atom stereocenters. The third-order valence-electron chi connectivity index (χ3n) is 2.81. The van der Waals surface area contributed by atoms with Gasteiger partial charge in [-0.2, -0.15) is 0 Å². The number of rotatable bonds is 2. The SMILES string of the molecule is Cc1cc(Br)cc(C(=O)N(C)c2ccccc2F)c1. The first-order valence-corrected chi connectivity index (χ1v) is 6.58. The van der Waals surface area contributed by atoms with Gasteiger partial charge in [0.1, 0.15) is 5.82 Å². The van der Waals surface area contributed by atoms with Crippen LogP contribution in [-0.4, -0.2) is 13.0 Å². The van der Waals surface area contributed by atoms with Crippen molar-refractivity contribution in [1.29, 1.82) is 0 Å². The van der Waals surface area contributed by atoms with Crippen LogP contribution >= 0.6 is 15.9 Å². The summed E-state index contributed by atoms with van der Waals surface area (Å²) in [5.74, 6) is -0.653. The Bertz CT molecular complexity index is 607. The van der Waals surface area contributed by atoms with E-state index in [0.29, 0.717) is 5.56 Å². The molecular weight excluding hydrogens is 309 g/mol. The fourth-order valence-electron chi connectivity index (χ4n) is 1.89. The van der Waals surface area contributed by atoms with Gasteiger partial charge in [-0.25, -0.2) is 4.39 Å². The molecule has 2 rings (SSSR count). The van der Waals surface area contributed by atoms with E-state index in [-0.39, 0.29) is 11.6 Å². The molecule has 0 radical (unpaired) electrons. The normalized spacial score (nSPS) is 10.3. The highest BCUT2D eigenvalue weighted by molar-refractivity contribution is 9.10. The Labute approximate surface area is 120 Å². The van der Waals surface area contributed by atoms with E-state index in [4.69, 9.17) is 0 Å². The van der Waals surface area contributed by atoms with E-state index < -0.39 is 5.82 Å². The maximum atomic E-state index is 13.7. The number of halogens is 2. The number of nitrogens with zero attached hydrogens (tertiary/aromatic N) is 1. The minimum Gasteiger partial charge on any atom is -0.309 e. The first kappa shape index (κ1) is 13.7. The smallest absolute Gasteiger partial charge is 0.258 e. The molecule has 2 nitrogen and oxygen atoms in total. The van der Waals surface area contributed by atoms with Crippen molar-refractivity contribution in [2.75, 3.05) is 11.9 Å². The second kappa shape index (κ2) is 5.53. The number of carbonyl (C=O) groups excluding carboxylic acids is 1. The summed E-state index contributed by atoms with van der Waals surface area (Å²) in [5.41, 5.74) is 1.77. The molecule has 0 aromatic heterocycles. The van der Waals surface area contributed by atoms with Crippen molar-refractivity contribution in [3.05, 3.63) is 63.9 Å². The lowest BCUT2D eigenvalue weighted by Gasteiger charge is -2.18. The molecule has 19 heavy (non-hydrogen) atoms. The number of anilines is 1. The van der Waals surface area contributed by atoms with Gasteiger partial charge >= 0.3 is 0 Å². The van der Waals surface area contributed by atoms with Crippen LogP contribution in [0.25, 0.3) is 0 Å². The van der Waals surface area contributed by atoms with Gasteiger partial charge in [0.25, 0.3) is 5.91 Å². The van der Waals surface area contributed by atoms with Crippen molar-refractivity contribution in [2.45, 2.75) is 6.92 Å². The number of hydrogen-bond acceptors (Lipinski definition) is 1. The lowest BCUT2D eigenvalue weighted by atomic mass is 10.1. The van der Waals surface area contributed by atoms with Gasteiger partial charge in [0.15, 0.2) is 0 Å². The summed E-state index contributed by atoms with van der Waals surface area (Å²) >= 11 is 3.36. The monoisotopic (exact) mass is 321 g/mol. The van der Waals surface area contributed by atoms with Crippen LogP contribution in [0.3, 0.4) is 0 Å². The topological polar surface area (TPSA) is 20.3 Å². The number of amides is 1. The predicted molar refractivity (Wildman–Crippen MR) is 78.0 cm³/mol. The second-order valence-corrected chi connectivity index (χ2v) is 5.25. The van der Waals surface area contributed by atoms with Gasteiger partial charge in [-0.05, 0) is 42.8 Å². The van der Waals surface area contributed by atoms with Gasteiger partial charge < -0.3 is 4.90 Å². The van der Waals surface area contributed by atoms with Gasteiger partial charge in [0, 0.05) is 17.1 Å². The van der Waals surface area contributed by atoms with Crippen LogP contribution in [0.5, 0.6) is 0 Å². The molecule has 0 fully saturated rings. The molecule has 0 spiro atoms. The highest BCUT2D eigenvalue weighted by atomic mass is 79.9. The van der Waals surface area contributed by atoms with E-state index in [1.807, 2.05) is 13.0 Å². The van der Waals surface area contributed by atoms with Gasteiger partial charge in [-0.3, -0.25) is 4.79 Å². The van der Waals surface area contributed by atoms with Crippen LogP contribution in [0.4, 0.5) is 10.1 Å². The maximum absolute atomic E-state index is 13.7. The zero-order chi connectivity index (χ0) is 14.0. The Morgan fingerprint density at radius 1 is 1.21 bits per heavy atom. The molecule has 0 heterocycles. The summed E-state index contributed by atoms with van der Waals surface area (Å²) in [6, 6.07) is 11.6. The average Bonchev–Trinajstić information content (AvgIpc) is 2.36. The van der Waals surface area contributed by atoms with Gasteiger partial charge in [-0.1, -0.05) is 28.1 Å². The molecule has 2 aromatic rings. The summed E-state index contributed by atoms with van der Waals surface area (Å²) in [4.78, 5) is 13.7. The minimum absolute atomic E-state index is 0.241.